The lowest BCUT2D eigenvalue weighted by molar-refractivity contribution is -0.116. The molecule has 0 aliphatic carbocycles. The van der Waals surface area contributed by atoms with Crippen LogP contribution in [0.2, 0.25) is 0 Å². The molecule has 3 rings (SSSR count). The van der Waals surface area contributed by atoms with Gasteiger partial charge in [-0.25, -0.2) is 4.79 Å². The monoisotopic (exact) mass is 491 g/mol. The van der Waals surface area contributed by atoms with Gasteiger partial charge in [0.2, 0.25) is 5.91 Å². The third-order valence-corrected chi connectivity index (χ3v) is 6.65. The van der Waals surface area contributed by atoms with Gasteiger partial charge in [-0.3, -0.25) is 19.1 Å². The number of rotatable bonds is 9. The van der Waals surface area contributed by atoms with E-state index in [0.29, 0.717) is 11.7 Å². The van der Waals surface area contributed by atoms with E-state index >= 15 is 0 Å². The largest absolute Gasteiger partial charge is 0.383 e. The molecule has 0 radical (unpaired) electrons. The van der Waals surface area contributed by atoms with Crippen LogP contribution in [-0.4, -0.2) is 42.5 Å². The van der Waals surface area contributed by atoms with Gasteiger partial charge >= 0.3 is 5.69 Å². The number of thioether (sulfide) groups is 1. The van der Waals surface area contributed by atoms with Gasteiger partial charge in [0.1, 0.15) is 5.82 Å². The number of aromatic amines is 1. The van der Waals surface area contributed by atoms with Crippen LogP contribution in [0.1, 0.15) is 27.7 Å². The number of carbonyl (C=O) groups is 1. The first-order chi connectivity index (χ1) is 15.6. The van der Waals surface area contributed by atoms with Crippen LogP contribution in [0, 0.1) is 11.8 Å². The number of hydrogen-bond acceptors (Lipinski definition) is 8. The van der Waals surface area contributed by atoms with E-state index in [4.69, 9.17) is 5.73 Å². The van der Waals surface area contributed by atoms with Gasteiger partial charge in [0, 0.05) is 20.1 Å². The van der Waals surface area contributed by atoms with E-state index in [1.807, 2.05) is 56.8 Å². The third-order valence-electron chi connectivity index (χ3n) is 4.78. The van der Waals surface area contributed by atoms with Gasteiger partial charge in [0.25, 0.3) is 5.56 Å². The highest BCUT2D eigenvalue weighted by Gasteiger charge is 2.26. The number of nitrogens with one attached hydrogen (secondary N) is 1. The Morgan fingerprint density at radius 2 is 1.97 bits per heavy atom. The molecule has 3 heterocycles. The Labute approximate surface area is 199 Å². The topological polar surface area (TPSA) is 132 Å². The van der Waals surface area contributed by atoms with Crippen molar-refractivity contribution in [1.82, 2.24) is 24.3 Å². The van der Waals surface area contributed by atoms with Crippen molar-refractivity contribution in [2.24, 2.45) is 18.9 Å². The highest BCUT2D eigenvalue weighted by atomic mass is 32.2. The highest BCUT2D eigenvalue weighted by molar-refractivity contribution is 7.99. The van der Waals surface area contributed by atoms with Crippen LogP contribution in [0.4, 0.5) is 11.5 Å². The molecule has 10 nitrogen and oxygen atoms in total. The highest BCUT2D eigenvalue weighted by Crippen LogP contribution is 2.27. The Hall–Kier alpha value is -2.86. The summed E-state index contributed by atoms with van der Waals surface area (Å²) in [5.74, 6) is 0.646. The summed E-state index contributed by atoms with van der Waals surface area (Å²) in [4.78, 5) is 43.0. The van der Waals surface area contributed by atoms with Gasteiger partial charge in [-0.1, -0.05) is 45.5 Å². The molecule has 3 aromatic heterocycles. The van der Waals surface area contributed by atoms with Gasteiger partial charge in [-0.15, -0.1) is 21.5 Å². The fraction of sp³-hybridized carbons (Fsp3) is 0.476. The second kappa shape index (κ2) is 10.4. The minimum Gasteiger partial charge on any atom is -0.383 e. The Kier molecular flexibility index (Phi) is 7.80. The van der Waals surface area contributed by atoms with Gasteiger partial charge in [-0.05, 0) is 23.3 Å². The van der Waals surface area contributed by atoms with E-state index in [2.05, 4.69) is 15.2 Å². The number of nitrogens with two attached hydrogens (primary N) is 1. The Morgan fingerprint density at radius 3 is 2.58 bits per heavy atom. The third kappa shape index (κ3) is 5.56. The van der Waals surface area contributed by atoms with Crippen molar-refractivity contribution in [3.05, 3.63) is 38.4 Å². The fourth-order valence-electron chi connectivity index (χ4n) is 3.33. The maximum atomic E-state index is 13.3. The summed E-state index contributed by atoms with van der Waals surface area (Å²) in [6, 6.07) is 3.90. The predicted octanol–water partition coefficient (Wildman–Crippen LogP) is 2.41. The molecule has 33 heavy (non-hydrogen) atoms. The lowest BCUT2D eigenvalue weighted by atomic mass is 10.2. The number of amides is 1. The summed E-state index contributed by atoms with van der Waals surface area (Å²) in [6.45, 7) is 8.38. The van der Waals surface area contributed by atoms with Gasteiger partial charge < -0.3 is 15.2 Å². The average Bonchev–Trinajstić information content (AvgIpc) is 3.37. The molecule has 0 saturated carbocycles. The molecule has 0 unspecified atom stereocenters. The number of carbonyl (C=O) groups excluding carboxylic acids is 1. The lowest BCUT2D eigenvalue weighted by Gasteiger charge is -2.26. The molecule has 0 aliphatic rings. The number of aromatic nitrogens is 5. The summed E-state index contributed by atoms with van der Waals surface area (Å²) in [5.41, 5.74) is 5.01. The second-order valence-corrected chi connectivity index (χ2v) is 10.4. The number of anilines is 2. The van der Waals surface area contributed by atoms with E-state index < -0.39 is 11.2 Å². The van der Waals surface area contributed by atoms with Crippen molar-refractivity contribution in [2.75, 3.05) is 22.9 Å². The fourth-order valence-corrected chi connectivity index (χ4v) is 4.86. The van der Waals surface area contributed by atoms with Crippen molar-refractivity contribution in [3.8, 4) is 10.7 Å². The minimum absolute atomic E-state index is 0.00455. The maximum Gasteiger partial charge on any atom is 0.330 e. The first kappa shape index (κ1) is 24.8. The molecule has 0 spiro atoms. The van der Waals surface area contributed by atoms with Gasteiger partial charge in [-0.2, -0.15) is 0 Å². The van der Waals surface area contributed by atoms with Crippen molar-refractivity contribution in [2.45, 2.75) is 39.4 Å². The molecule has 178 valence electrons. The molecule has 0 bridgehead atoms. The molecule has 3 aromatic rings. The molecule has 0 atom stereocenters. The van der Waals surface area contributed by atoms with Crippen molar-refractivity contribution < 1.29 is 4.79 Å². The first-order valence-electron chi connectivity index (χ1n) is 10.6. The Morgan fingerprint density at radius 1 is 1.24 bits per heavy atom. The molecule has 0 saturated heterocycles. The van der Waals surface area contributed by atoms with E-state index in [1.165, 1.54) is 21.2 Å². The van der Waals surface area contributed by atoms with E-state index in [-0.39, 0.29) is 41.5 Å². The smallest absolute Gasteiger partial charge is 0.330 e. The van der Waals surface area contributed by atoms with Crippen LogP contribution in [0.15, 0.2) is 32.3 Å². The lowest BCUT2D eigenvalue weighted by Crippen LogP contribution is -2.43. The van der Waals surface area contributed by atoms with Crippen molar-refractivity contribution in [1.29, 1.82) is 0 Å². The molecule has 12 heteroatoms. The van der Waals surface area contributed by atoms with Crippen LogP contribution in [0.3, 0.4) is 0 Å². The maximum absolute atomic E-state index is 13.3. The van der Waals surface area contributed by atoms with Gasteiger partial charge in [0.15, 0.2) is 16.7 Å². The summed E-state index contributed by atoms with van der Waals surface area (Å²) < 4.78 is 3.14. The quantitative estimate of drug-likeness (QED) is 0.439. The molecule has 0 fully saturated rings. The van der Waals surface area contributed by atoms with Crippen LogP contribution in [0.5, 0.6) is 0 Å². The normalized spacial score (nSPS) is 11.5. The number of H-pyrrole nitrogens is 1. The summed E-state index contributed by atoms with van der Waals surface area (Å²) in [6.07, 6.45) is 0. The van der Waals surface area contributed by atoms with Crippen molar-refractivity contribution >= 4 is 40.5 Å². The number of nitrogen functional groups attached to an aromatic ring is 1. The summed E-state index contributed by atoms with van der Waals surface area (Å²) in [5, 5.41) is 11.0. The zero-order valence-corrected chi connectivity index (χ0v) is 21.0. The molecular weight excluding hydrogens is 462 g/mol. The summed E-state index contributed by atoms with van der Waals surface area (Å²) >= 11 is 2.79. The molecular formula is C21H29N7O3S2. The van der Waals surface area contributed by atoms with Crippen LogP contribution < -0.4 is 21.9 Å². The summed E-state index contributed by atoms with van der Waals surface area (Å²) in [7, 11) is 1.85. The Balaban J connectivity index is 1.89. The number of thiophene rings is 1. The minimum atomic E-state index is -0.671. The Bertz CT molecular complexity index is 1230. The molecule has 1 amide bonds. The van der Waals surface area contributed by atoms with Crippen LogP contribution in [-0.2, 0) is 18.4 Å². The van der Waals surface area contributed by atoms with Crippen LogP contribution >= 0.6 is 23.1 Å². The van der Waals surface area contributed by atoms with Crippen molar-refractivity contribution in [3.63, 3.8) is 0 Å². The molecule has 3 N–H and O–H groups in total. The first-order valence-corrected chi connectivity index (χ1v) is 12.5. The van der Waals surface area contributed by atoms with E-state index in [1.54, 1.807) is 11.3 Å². The van der Waals surface area contributed by atoms with Gasteiger partial charge in [0.05, 0.1) is 10.6 Å². The zero-order chi connectivity index (χ0) is 24.3. The predicted molar refractivity (Wildman–Crippen MR) is 133 cm³/mol. The zero-order valence-electron chi connectivity index (χ0n) is 19.4. The second-order valence-electron chi connectivity index (χ2n) is 8.53. The number of nitrogens with zero attached hydrogens (tertiary/aromatic N) is 5. The molecule has 0 aromatic carbocycles. The standard InChI is InChI=1S/C21H29N7O3S2/c1-12(2)9-27(16-17(22)28(10-13(3)4)20(31)23-19(16)30)15(29)11-33-21-25-24-18(26(21)5)14-7-6-8-32-14/h6-8,12-13H,9-11,22H2,1-5H3,(H,23,30,31). The molecule has 0 aliphatic heterocycles. The van der Waals surface area contributed by atoms with Crippen LogP contribution in [0.25, 0.3) is 10.7 Å². The average molecular weight is 492 g/mol. The van der Waals surface area contributed by atoms with E-state index in [0.717, 1.165) is 10.7 Å². The number of hydrogen-bond donors (Lipinski definition) is 2. The van der Waals surface area contributed by atoms with E-state index in [9.17, 15) is 14.4 Å². The SMILES string of the molecule is CC(C)CN(C(=O)CSc1nnc(-c2cccs2)n1C)c1c(N)n(CC(C)C)c(=O)[nH]c1=O.